The fourth-order valence-corrected chi connectivity index (χ4v) is 3.53. The molecule has 0 aliphatic rings. The van der Waals surface area contributed by atoms with Gasteiger partial charge in [-0.25, -0.2) is 17.8 Å². The highest BCUT2D eigenvalue weighted by atomic mass is 35.5. The minimum atomic E-state index is -3.80. The lowest BCUT2D eigenvalue weighted by Gasteiger charge is -2.09. The van der Waals surface area contributed by atoms with Crippen molar-refractivity contribution in [3.05, 3.63) is 69.5 Å². The zero-order valence-electron chi connectivity index (χ0n) is 14.9. The first-order valence-corrected chi connectivity index (χ1v) is 9.88. The lowest BCUT2D eigenvalue weighted by Crippen LogP contribution is -2.18. The average Bonchev–Trinajstić information content (AvgIpc) is 3.02. The zero-order valence-corrected chi connectivity index (χ0v) is 16.5. The Morgan fingerprint density at radius 1 is 1.18 bits per heavy atom. The molecule has 0 saturated carbocycles. The number of sulfonamides is 1. The predicted octanol–water partition coefficient (Wildman–Crippen LogP) is 3.39. The lowest BCUT2D eigenvalue weighted by molar-refractivity contribution is -0.384. The van der Waals surface area contributed by atoms with Crippen molar-refractivity contribution in [2.24, 2.45) is 0 Å². The van der Waals surface area contributed by atoms with Crippen LogP contribution in [0, 0.1) is 17.0 Å². The van der Waals surface area contributed by atoms with Crippen LogP contribution in [0.5, 0.6) is 0 Å². The Balaban J connectivity index is 1.99. The van der Waals surface area contributed by atoms with Crippen molar-refractivity contribution >= 4 is 38.7 Å². The molecule has 0 spiro atoms. The number of benzene rings is 2. The highest BCUT2D eigenvalue weighted by molar-refractivity contribution is 7.89. The van der Waals surface area contributed by atoms with Crippen LogP contribution in [0.3, 0.4) is 0 Å². The van der Waals surface area contributed by atoms with E-state index in [2.05, 4.69) is 15.1 Å². The second-order valence-corrected chi connectivity index (χ2v) is 8.13. The molecule has 0 atom stereocenters. The summed E-state index contributed by atoms with van der Waals surface area (Å²) in [4.78, 5) is 10.6. The van der Waals surface area contributed by atoms with Crippen LogP contribution in [-0.4, -0.2) is 30.2 Å². The maximum Gasteiger partial charge on any atom is 0.294 e. The smallest absolute Gasteiger partial charge is 0.294 e. The number of rotatable bonds is 6. The van der Waals surface area contributed by atoms with Gasteiger partial charge in [0.15, 0.2) is 0 Å². The summed E-state index contributed by atoms with van der Waals surface area (Å²) < 4.78 is 27.6. The maximum atomic E-state index is 11.9. The summed E-state index contributed by atoms with van der Waals surface area (Å²) in [5.41, 5.74) is 1.75. The van der Waals surface area contributed by atoms with Crippen molar-refractivity contribution in [1.82, 2.24) is 14.5 Å². The Kier molecular flexibility index (Phi) is 5.36. The molecule has 0 saturated heterocycles. The number of anilines is 2. The van der Waals surface area contributed by atoms with Crippen molar-refractivity contribution < 1.29 is 13.3 Å². The predicted molar refractivity (Wildman–Crippen MR) is 106 cm³/mol. The number of nitrogens with zero attached hydrogens (tertiary/aromatic N) is 3. The summed E-state index contributed by atoms with van der Waals surface area (Å²) in [6, 6.07) is 10.7. The van der Waals surface area contributed by atoms with E-state index in [-0.39, 0.29) is 16.3 Å². The number of nitro groups is 1. The van der Waals surface area contributed by atoms with Gasteiger partial charge in [0.25, 0.3) is 5.69 Å². The van der Waals surface area contributed by atoms with Gasteiger partial charge in [-0.15, -0.1) is 0 Å². The van der Waals surface area contributed by atoms with E-state index >= 15 is 0 Å². The fraction of sp³-hybridized carbons (Fsp3) is 0.118. The number of hydrogen-bond donors (Lipinski definition) is 2. The molecular weight excluding hydrogens is 406 g/mol. The molecule has 1 aromatic heterocycles. The van der Waals surface area contributed by atoms with Gasteiger partial charge in [-0.2, -0.15) is 5.10 Å². The number of aromatic nitrogens is 2. The summed E-state index contributed by atoms with van der Waals surface area (Å²) in [6.07, 6.45) is 1.53. The quantitative estimate of drug-likeness (QED) is 0.465. The molecule has 0 aliphatic carbocycles. The number of halogens is 1. The molecule has 0 unspecified atom stereocenters. The molecule has 0 fully saturated rings. The maximum absolute atomic E-state index is 11.9. The number of nitro benzene ring substituents is 1. The molecule has 0 radical (unpaired) electrons. The summed E-state index contributed by atoms with van der Waals surface area (Å²) in [7, 11) is -2.56. The highest BCUT2D eigenvalue weighted by Gasteiger charge is 2.21. The van der Waals surface area contributed by atoms with Crippen LogP contribution in [0.25, 0.3) is 5.69 Å². The van der Waals surface area contributed by atoms with Crippen LogP contribution >= 0.6 is 11.6 Å². The van der Waals surface area contributed by atoms with Gasteiger partial charge in [-0.3, -0.25) is 10.1 Å². The number of hydrogen-bond acceptors (Lipinski definition) is 6. The van der Waals surface area contributed by atoms with Crippen molar-refractivity contribution in [2.45, 2.75) is 11.8 Å². The molecule has 3 aromatic rings. The third-order valence-corrected chi connectivity index (χ3v) is 5.72. The summed E-state index contributed by atoms with van der Waals surface area (Å²) >= 11 is 6.02. The molecule has 1 heterocycles. The fourth-order valence-electron chi connectivity index (χ4n) is 2.60. The SMILES string of the molecule is CNS(=O)(=O)c1ccc(Nc2cnn(-c3cccc(Cl)c3)c2C)c([N+](=O)[O-])c1. The van der Waals surface area contributed by atoms with Gasteiger partial charge < -0.3 is 5.32 Å². The van der Waals surface area contributed by atoms with Gasteiger partial charge >= 0.3 is 0 Å². The Morgan fingerprint density at radius 2 is 1.93 bits per heavy atom. The van der Waals surface area contributed by atoms with Crippen molar-refractivity contribution in [1.29, 1.82) is 0 Å². The summed E-state index contributed by atoms with van der Waals surface area (Å²) in [5.74, 6) is 0. The van der Waals surface area contributed by atoms with Crippen molar-refractivity contribution in [3.63, 3.8) is 0 Å². The first-order valence-electron chi connectivity index (χ1n) is 8.02. The monoisotopic (exact) mass is 421 g/mol. The second-order valence-electron chi connectivity index (χ2n) is 5.80. The van der Waals surface area contributed by atoms with Crippen LogP contribution in [0.15, 0.2) is 53.6 Å². The third kappa shape index (κ3) is 3.84. The topological polar surface area (TPSA) is 119 Å². The zero-order chi connectivity index (χ0) is 20.5. The number of nitrogens with one attached hydrogen (secondary N) is 2. The largest absolute Gasteiger partial charge is 0.347 e. The third-order valence-electron chi connectivity index (χ3n) is 4.08. The van der Waals surface area contributed by atoms with Gasteiger partial charge in [-0.1, -0.05) is 17.7 Å². The minimum absolute atomic E-state index is 0.147. The Labute approximate surface area is 166 Å². The van der Waals surface area contributed by atoms with E-state index in [0.29, 0.717) is 16.4 Å². The molecule has 2 N–H and O–H groups in total. The van der Waals surface area contributed by atoms with Crippen molar-refractivity contribution in [2.75, 3.05) is 12.4 Å². The Morgan fingerprint density at radius 3 is 2.57 bits per heavy atom. The van der Waals surface area contributed by atoms with Crippen LogP contribution in [0.2, 0.25) is 5.02 Å². The van der Waals surface area contributed by atoms with Gasteiger partial charge in [0.05, 0.1) is 33.1 Å². The van der Waals surface area contributed by atoms with Crippen molar-refractivity contribution in [3.8, 4) is 5.69 Å². The van der Waals surface area contributed by atoms with E-state index in [1.807, 2.05) is 6.07 Å². The molecule has 0 amide bonds. The molecule has 9 nitrogen and oxygen atoms in total. The Hall–Kier alpha value is -2.95. The molecule has 11 heteroatoms. The van der Waals surface area contributed by atoms with Gasteiger partial charge in [0.1, 0.15) is 5.69 Å². The molecule has 146 valence electrons. The summed E-state index contributed by atoms with van der Waals surface area (Å²) in [5, 5.41) is 19.2. The lowest BCUT2D eigenvalue weighted by atomic mass is 10.2. The molecular formula is C17H16ClN5O4S. The summed E-state index contributed by atoms with van der Waals surface area (Å²) in [6.45, 7) is 1.79. The second kappa shape index (κ2) is 7.58. The van der Waals surface area contributed by atoms with E-state index in [4.69, 9.17) is 11.6 Å². The van der Waals surface area contributed by atoms with E-state index in [1.54, 1.807) is 29.8 Å². The highest BCUT2D eigenvalue weighted by Crippen LogP contribution is 2.31. The van der Waals surface area contributed by atoms with E-state index < -0.39 is 14.9 Å². The molecule has 0 bridgehead atoms. The van der Waals surface area contributed by atoms with E-state index in [1.165, 1.54) is 25.4 Å². The normalized spacial score (nSPS) is 11.4. The molecule has 0 aliphatic heterocycles. The minimum Gasteiger partial charge on any atom is -0.347 e. The first kappa shape index (κ1) is 19.8. The van der Waals surface area contributed by atoms with Crippen LogP contribution in [0.1, 0.15) is 5.69 Å². The standard InChI is InChI=1S/C17H16ClN5O4S/c1-11-16(10-20-22(11)13-5-3-4-12(18)8-13)21-15-7-6-14(28(26,27)19-2)9-17(15)23(24)25/h3-10,19,21H,1-2H3. The Bertz CT molecular complexity index is 1160. The van der Waals surface area contributed by atoms with E-state index in [0.717, 1.165) is 11.8 Å². The van der Waals surface area contributed by atoms with Crippen LogP contribution in [-0.2, 0) is 10.0 Å². The average molecular weight is 422 g/mol. The molecule has 2 aromatic carbocycles. The van der Waals surface area contributed by atoms with E-state index in [9.17, 15) is 18.5 Å². The molecule has 3 rings (SSSR count). The van der Waals surface area contributed by atoms with Gasteiger partial charge in [-0.05, 0) is 44.3 Å². The molecule has 28 heavy (non-hydrogen) atoms. The van der Waals surface area contributed by atoms with Gasteiger partial charge in [0, 0.05) is 11.1 Å². The van der Waals surface area contributed by atoms with Crippen LogP contribution < -0.4 is 10.0 Å². The van der Waals surface area contributed by atoms with Crippen LogP contribution in [0.4, 0.5) is 17.1 Å². The van der Waals surface area contributed by atoms with Gasteiger partial charge in [0.2, 0.25) is 10.0 Å². The first-order chi connectivity index (χ1) is 13.2.